The lowest BCUT2D eigenvalue weighted by Gasteiger charge is -2.15. The molecular formula is C16H21FN2O3. The van der Waals surface area contributed by atoms with Gasteiger partial charge in [0.1, 0.15) is 11.9 Å². The largest absolute Gasteiger partial charge is 0.442 e. The molecule has 1 heterocycles. The van der Waals surface area contributed by atoms with Gasteiger partial charge in [0.05, 0.1) is 13.1 Å². The molecule has 1 aromatic carbocycles. The van der Waals surface area contributed by atoms with Crippen LogP contribution in [0.3, 0.4) is 0 Å². The van der Waals surface area contributed by atoms with Crippen molar-refractivity contribution in [1.29, 1.82) is 0 Å². The molecule has 1 fully saturated rings. The maximum atomic E-state index is 12.9. The van der Waals surface area contributed by atoms with Crippen molar-refractivity contribution >= 4 is 17.7 Å². The van der Waals surface area contributed by atoms with E-state index in [4.69, 9.17) is 4.74 Å². The number of ether oxygens (including phenoxy) is 1. The second kappa shape index (κ2) is 7.24. The number of nitrogens with one attached hydrogen (secondary N) is 1. The molecule has 2 rings (SSSR count). The molecule has 1 aliphatic heterocycles. The summed E-state index contributed by atoms with van der Waals surface area (Å²) >= 11 is 0. The van der Waals surface area contributed by atoms with Crippen LogP contribution in [0.2, 0.25) is 0 Å². The number of amides is 2. The van der Waals surface area contributed by atoms with Gasteiger partial charge in [0.2, 0.25) is 5.91 Å². The molecule has 1 aliphatic rings. The molecule has 0 aliphatic carbocycles. The van der Waals surface area contributed by atoms with Crippen molar-refractivity contribution in [1.82, 2.24) is 5.32 Å². The molecule has 120 valence electrons. The van der Waals surface area contributed by atoms with E-state index in [1.807, 2.05) is 13.8 Å². The number of hydrogen-bond acceptors (Lipinski definition) is 3. The first-order valence-corrected chi connectivity index (χ1v) is 7.56. The molecule has 1 unspecified atom stereocenters. The second-order valence-corrected chi connectivity index (χ2v) is 5.35. The topological polar surface area (TPSA) is 58.6 Å². The number of carbonyl (C=O) groups excluding carboxylic acids is 2. The minimum atomic E-state index is -0.478. The van der Waals surface area contributed by atoms with Crippen LogP contribution in [-0.2, 0) is 9.53 Å². The Bertz CT molecular complexity index is 529. The number of cyclic esters (lactones) is 1. The highest BCUT2D eigenvalue weighted by Gasteiger charge is 2.32. The van der Waals surface area contributed by atoms with Crippen molar-refractivity contribution in [2.45, 2.75) is 32.8 Å². The normalized spacial score (nSPS) is 17.7. The lowest BCUT2D eigenvalue weighted by molar-refractivity contribution is -0.125. The molecule has 0 aromatic heterocycles. The smallest absolute Gasteiger partial charge is 0.414 e. The van der Waals surface area contributed by atoms with Crippen LogP contribution in [0.1, 0.15) is 26.7 Å². The number of hydrogen-bond donors (Lipinski definition) is 1. The highest BCUT2D eigenvalue weighted by molar-refractivity contribution is 5.89. The predicted octanol–water partition coefficient (Wildman–Crippen LogP) is 2.70. The van der Waals surface area contributed by atoms with Crippen molar-refractivity contribution < 1.29 is 18.7 Å². The molecule has 0 radical (unpaired) electrons. The summed E-state index contributed by atoms with van der Waals surface area (Å²) in [6.45, 7) is 4.58. The van der Waals surface area contributed by atoms with E-state index in [1.54, 1.807) is 0 Å². The Balaban J connectivity index is 1.90. The van der Waals surface area contributed by atoms with Crippen molar-refractivity contribution in [3.05, 3.63) is 30.1 Å². The van der Waals surface area contributed by atoms with Crippen LogP contribution in [0, 0.1) is 11.7 Å². The van der Waals surface area contributed by atoms with E-state index in [0.29, 0.717) is 18.8 Å². The maximum Gasteiger partial charge on any atom is 0.414 e. The van der Waals surface area contributed by atoms with Crippen LogP contribution in [0.25, 0.3) is 0 Å². The van der Waals surface area contributed by atoms with Gasteiger partial charge in [-0.15, -0.1) is 0 Å². The zero-order valence-electron chi connectivity index (χ0n) is 12.8. The fourth-order valence-corrected chi connectivity index (χ4v) is 2.48. The van der Waals surface area contributed by atoms with Crippen LogP contribution >= 0.6 is 0 Å². The Morgan fingerprint density at radius 1 is 1.36 bits per heavy atom. The number of rotatable bonds is 6. The van der Waals surface area contributed by atoms with Crippen LogP contribution in [0.4, 0.5) is 14.9 Å². The van der Waals surface area contributed by atoms with Crippen molar-refractivity contribution in [3.8, 4) is 0 Å². The average molecular weight is 308 g/mol. The molecule has 1 saturated heterocycles. The van der Waals surface area contributed by atoms with Gasteiger partial charge in [-0.1, -0.05) is 13.8 Å². The zero-order chi connectivity index (χ0) is 16.1. The minimum absolute atomic E-state index is 0.00898. The SMILES string of the molecule is CCC(CC)C(=O)NCC1CN(c2ccc(F)cc2)C(=O)O1. The van der Waals surface area contributed by atoms with Gasteiger partial charge in [0.25, 0.3) is 0 Å². The zero-order valence-corrected chi connectivity index (χ0v) is 12.8. The monoisotopic (exact) mass is 308 g/mol. The molecule has 6 heteroatoms. The van der Waals surface area contributed by atoms with Crippen LogP contribution in [0.5, 0.6) is 0 Å². The molecule has 0 spiro atoms. The Morgan fingerprint density at radius 3 is 2.59 bits per heavy atom. The highest BCUT2D eigenvalue weighted by Crippen LogP contribution is 2.21. The highest BCUT2D eigenvalue weighted by atomic mass is 19.1. The third kappa shape index (κ3) is 3.75. The molecule has 1 N–H and O–H groups in total. The molecule has 2 amide bonds. The quantitative estimate of drug-likeness (QED) is 0.879. The fourth-order valence-electron chi connectivity index (χ4n) is 2.48. The van der Waals surface area contributed by atoms with Gasteiger partial charge in [-0.25, -0.2) is 9.18 Å². The number of carbonyl (C=O) groups is 2. The van der Waals surface area contributed by atoms with E-state index in [2.05, 4.69) is 5.32 Å². The van der Waals surface area contributed by atoms with Crippen LogP contribution in [0.15, 0.2) is 24.3 Å². The maximum absolute atomic E-state index is 12.9. The van der Waals surface area contributed by atoms with Gasteiger partial charge in [-0.05, 0) is 37.1 Å². The van der Waals surface area contributed by atoms with Gasteiger partial charge in [-0.3, -0.25) is 9.69 Å². The van der Waals surface area contributed by atoms with E-state index < -0.39 is 12.2 Å². The lowest BCUT2D eigenvalue weighted by Crippen LogP contribution is -2.37. The predicted molar refractivity (Wildman–Crippen MR) is 81.1 cm³/mol. The Morgan fingerprint density at radius 2 is 2.00 bits per heavy atom. The third-order valence-electron chi connectivity index (χ3n) is 3.87. The van der Waals surface area contributed by atoms with E-state index in [1.165, 1.54) is 29.2 Å². The number of benzene rings is 1. The molecule has 1 atom stereocenters. The molecule has 0 saturated carbocycles. The number of anilines is 1. The Labute approximate surface area is 129 Å². The van der Waals surface area contributed by atoms with Gasteiger partial charge in [-0.2, -0.15) is 0 Å². The summed E-state index contributed by atoms with van der Waals surface area (Å²) in [5, 5.41) is 2.83. The standard InChI is InChI=1S/C16H21FN2O3/c1-3-11(4-2)15(20)18-9-14-10-19(16(21)22-14)13-7-5-12(17)6-8-13/h5-8,11,14H,3-4,9-10H2,1-2H3,(H,18,20). The summed E-state index contributed by atoms with van der Waals surface area (Å²) < 4.78 is 18.2. The van der Waals surface area contributed by atoms with Gasteiger partial charge in [0.15, 0.2) is 0 Å². The van der Waals surface area contributed by atoms with E-state index >= 15 is 0 Å². The van der Waals surface area contributed by atoms with E-state index in [0.717, 1.165) is 12.8 Å². The summed E-state index contributed by atoms with van der Waals surface area (Å²) in [7, 11) is 0. The van der Waals surface area contributed by atoms with Gasteiger partial charge in [0, 0.05) is 11.6 Å². The number of nitrogens with zero attached hydrogens (tertiary/aromatic N) is 1. The second-order valence-electron chi connectivity index (χ2n) is 5.35. The van der Waals surface area contributed by atoms with Gasteiger partial charge >= 0.3 is 6.09 Å². The summed E-state index contributed by atoms with van der Waals surface area (Å²) in [6.07, 6.45) is 0.701. The first kappa shape index (κ1) is 16.3. The summed E-state index contributed by atoms with van der Waals surface area (Å²) in [6, 6.07) is 5.65. The molecule has 1 aromatic rings. The van der Waals surface area contributed by atoms with E-state index in [-0.39, 0.29) is 17.6 Å². The molecule has 22 heavy (non-hydrogen) atoms. The summed E-state index contributed by atoms with van der Waals surface area (Å²) in [5.41, 5.74) is 0.584. The Kier molecular flexibility index (Phi) is 5.35. The van der Waals surface area contributed by atoms with Crippen molar-refractivity contribution in [3.63, 3.8) is 0 Å². The number of halogens is 1. The summed E-state index contributed by atoms with van der Waals surface area (Å²) in [5.74, 6) is -0.378. The third-order valence-corrected chi connectivity index (χ3v) is 3.87. The van der Waals surface area contributed by atoms with Crippen molar-refractivity contribution in [2.75, 3.05) is 18.0 Å². The van der Waals surface area contributed by atoms with Gasteiger partial charge < -0.3 is 10.1 Å². The van der Waals surface area contributed by atoms with E-state index in [9.17, 15) is 14.0 Å². The summed E-state index contributed by atoms with van der Waals surface area (Å²) in [4.78, 5) is 25.2. The average Bonchev–Trinajstić information content (AvgIpc) is 2.88. The minimum Gasteiger partial charge on any atom is -0.442 e. The molecule has 0 bridgehead atoms. The molecule has 5 nitrogen and oxygen atoms in total. The fraction of sp³-hybridized carbons (Fsp3) is 0.500. The lowest BCUT2D eigenvalue weighted by atomic mass is 10.0. The van der Waals surface area contributed by atoms with Crippen LogP contribution < -0.4 is 10.2 Å². The first-order chi connectivity index (χ1) is 10.5. The Hall–Kier alpha value is -2.11. The van der Waals surface area contributed by atoms with Crippen LogP contribution in [-0.4, -0.2) is 31.2 Å². The van der Waals surface area contributed by atoms with Crippen molar-refractivity contribution in [2.24, 2.45) is 5.92 Å². The molecular weight excluding hydrogens is 287 g/mol. The first-order valence-electron chi connectivity index (χ1n) is 7.56.